The zero-order chi connectivity index (χ0) is 15.8. The Morgan fingerprint density at radius 2 is 1.55 bits per heavy atom. The summed E-state index contributed by atoms with van der Waals surface area (Å²) in [6, 6.07) is 0. The fourth-order valence-electron chi connectivity index (χ4n) is 4.67. The van der Waals surface area contributed by atoms with Gasteiger partial charge in [-0.15, -0.1) is 0 Å². The highest BCUT2D eigenvalue weighted by Gasteiger charge is 2.53. The van der Waals surface area contributed by atoms with Gasteiger partial charge < -0.3 is 10.4 Å². The van der Waals surface area contributed by atoms with Crippen molar-refractivity contribution in [1.82, 2.24) is 5.32 Å². The van der Waals surface area contributed by atoms with Gasteiger partial charge in [-0.05, 0) is 57.3 Å². The van der Waals surface area contributed by atoms with Crippen molar-refractivity contribution in [3.05, 3.63) is 0 Å². The number of hydrogen-bond acceptors (Lipinski definition) is 2. The van der Waals surface area contributed by atoms with E-state index in [1.807, 2.05) is 0 Å². The maximum Gasteiger partial charge on any atom is 0.309 e. The van der Waals surface area contributed by atoms with Crippen LogP contribution in [0, 0.1) is 11.3 Å². The molecule has 1 amide bonds. The number of fused-ring (bicyclic) bond motifs is 3. The molecule has 4 rings (SSSR count). The molecule has 0 aromatic heterocycles. The monoisotopic (exact) mass is 311 g/mol. The van der Waals surface area contributed by atoms with Crippen molar-refractivity contribution in [3.8, 4) is 0 Å². The minimum Gasteiger partial charge on any atom is -0.481 e. The second kappa shape index (κ2) is 5.82. The molecule has 4 aliphatic rings. The first kappa shape index (κ1) is 15.8. The summed E-state index contributed by atoms with van der Waals surface area (Å²) >= 11 is 0. The Morgan fingerprint density at radius 1 is 1.00 bits per heavy atom. The van der Waals surface area contributed by atoms with E-state index in [-0.39, 0.29) is 11.5 Å². The lowest BCUT2D eigenvalue weighted by Gasteiger charge is -2.51. The molecule has 0 aromatic rings. The average molecular weight is 311 g/mol. The van der Waals surface area contributed by atoms with Gasteiger partial charge in [-0.1, -0.05) is 19.3 Å². The number of rotatable bonds is 4. The third kappa shape index (κ3) is 2.74. The van der Waals surface area contributed by atoms with Crippen molar-refractivity contribution in [1.29, 1.82) is 0 Å². The predicted molar refractivity (Wildman–Crippen MR) is 80.1 cm³/mol. The maximum absolute atomic E-state index is 14.5. The highest BCUT2D eigenvalue weighted by Crippen LogP contribution is 2.52. The van der Waals surface area contributed by atoms with Crippen molar-refractivity contribution in [3.63, 3.8) is 0 Å². The second-order valence-corrected chi connectivity index (χ2v) is 7.65. The molecule has 0 spiro atoms. The van der Waals surface area contributed by atoms with Gasteiger partial charge in [0.1, 0.15) is 0 Å². The first-order chi connectivity index (χ1) is 10.5. The van der Waals surface area contributed by atoms with Crippen LogP contribution >= 0.6 is 0 Å². The molecule has 0 radical (unpaired) electrons. The Hall–Kier alpha value is -1.13. The number of halogens is 1. The molecule has 0 aliphatic heterocycles. The molecule has 124 valence electrons. The lowest BCUT2D eigenvalue weighted by molar-refractivity contribution is -0.157. The Morgan fingerprint density at radius 3 is 2.05 bits per heavy atom. The van der Waals surface area contributed by atoms with Gasteiger partial charge in [0.05, 0.1) is 5.41 Å². The van der Waals surface area contributed by atoms with Crippen LogP contribution in [0.25, 0.3) is 0 Å². The number of carbonyl (C=O) groups excluding carboxylic acids is 1. The van der Waals surface area contributed by atoms with Crippen LogP contribution in [0.4, 0.5) is 4.39 Å². The second-order valence-electron chi connectivity index (χ2n) is 7.65. The van der Waals surface area contributed by atoms with Crippen molar-refractivity contribution in [2.75, 3.05) is 0 Å². The van der Waals surface area contributed by atoms with Crippen LogP contribution in [-0.4, -0.2) is 28.7 Å². The molecule has 4 nitrogen and oxygen atoms in total. The number of hydrogen-bond donors (Lipinski definition) is 2. The van der Waals surface area contributed by atoms with Gasteiger partial charge in [0.2, 0.25) is 0 Å². The van der Waals surface area contributed by atoms with E-state index in [2.05, 4.69) is 5.32 Å². The number of carboxylic acids is 1. The molecule has 2 N–H and O–H groups in total. The van der Waals surface area contributed by atoms with Crippen molar-refractivity contribution < 1.29 is 19.1 Å². The van der Waals surface area contributed by atoms with E-state index in [0.717, 1.165) is 32.1 Å². The van der Waals surface area contributed by atoms with Gasteiger partial charge >= 0.3 is 5.97 Å². The smallest absolute Gasteiger partial charge is 0.309 e. The first-order valence-corrected chi connectivity index (χ1v) is 8.66. The standard InChI is InChI=1S/C17H26FNO3/c18-13(12-4-2-1-3-5-12)14(20)19-17-9-6-16(7-10-17,8-11-17)15(21)22/h12-13H,1-11H2,(H,19,20)(H,21,22). The highest BCUT2D eigenvalue weighted by molar-refractivity contribution is 5.82. The van der Waals surface area contributed by atoms with E-state index >= 15 is 0 Å². The highest BCUT2D eigenvalue weighted by atomic mass is 19.1. The average Bonchev–Trinajstić information content (AvgIpc) is 2.56. The summed E-state index contributed by atoms with van der Waals surface area (Å²) in [5, 5.41) is 12.4. The van der Waals surface area contributed by atoms with Crippen LogP contribution < -0.4 is 5.32 Å². The van der Waals surface area contributed by atoms with Crippen LogP contribution in [0.15, 0.2) is 0 Å². The van der Waals surface area contributed by atoms with Crippen molar-refractivity contribution in [2.24, 2.45) is 11.3 Å². The molecule has 22 heavy (non-hydrogen) atoms. The molecular formula is C17H26FNO3. The summed E-state index contributed by atoms with van der Waals surface area (Å²) in [7, 11) is 0. The summed E-state index contributed by atoms with van der Waals surface area (Å²) in [4.78, 5) is 23.7. The minimum absolute atomic E-state index is 0.129. The van der Waals surface area contributed by atoms with E-state index in [1.54, 1.807) is 0 Å². The maximum atomic E-state index is 14.5. The zero-order valence-electron chi connectivity index (χ0n) is 13.1. The van der Waals surface area contributed by atoms with Crippen LogP contribution in [0.3, 0.4) is 0 Å². The fraction of sp³-hybridized carbons (Fsp3) is 0.882. The van der Waals surface area contributed by atoms with Crippen molar-refractivity contribution >= 4 is 11.9 Å². The molecule has 0 saturated heterocycles. The van der Waals surface area contributed by atoms with E-state index in [4.69, 9.17) is 0 Å². The molecule has 5 heteroatoms. The summed E-state index contributed by atoms with van der Waals surface area (Å²) < 4.78 is 14.5. The molecule has 0 heterocycles. The molecule has 4 saturated carbocycles. The van der Waals surface area contributed by atoms with Crippen LogP contribution in [-0.2, 0) is 9.59 Å². The Bertz CT molecular complexity index is 434. The lowest BCUT2D eigenvalue weighted by atomic mass is 9.57. The first-order valence-electron chi connectivity index (χ1n) is 8.66. The number of amides is 1. The van der Waals surface area contributed by atoms with Crippen molar-refractivity contribution in [2.45, 2.75) is 82.3 Å². The number of alkyl halides is 1. The largest absolute Gasteiger partial charge is 0.481 e. The molecular weight excluding hydrogens is 285 g/mol. The Kier molecular flexibility index (Phi) is 4.17. The fourth-order valence-corrected chi connectivity index (χ4v) is 4.67. The lowest BCUT2D eigenvalue weighted by Crippen LogP contribution is -2.59. The van der Waals surface area contributed by atoms with Gasteiger partial charge in [0.15, 0.2) is 6.17 Å². The van der Waals surface area contributed by atoms with E-state index in [1.165, 1.54) is 0 Å². The van der Waals surface area contributed by atoms with Crippen LogP contribution in [0.2, 0.25) is 0 Å². The molecule has 0 aromatic carbocycles. The number of nitrogens with one attached hydrogen (secondary N) is 1. The van der Waals surface area contributed by atoms with Gasteiger partial charge in [0, 0.05) is 5.54 Å². The summed E-state index contributed by atoms with van der Waals surface area (Å²) in [5.41, 5.74) is -0.946. The summed E-state index contributed by atoms with van der Waals surface area (Å²) in [6.45, 7) is 0. The number of carbonyl (C=O) groups is 2. The van der Waals surface area contributed by atoms with E-state index < -0.39 is 23.5 Å². The quantitative estimate of drug-likeness (QED) is 0.838. The number of aliphatic carboxylic acids is 1. The van der Waals surface area contributed by atoms with Gasteiger partial charge in [-0.3, -0.25) is 9.59 Å². The molecule has 2 bridgehead atoms. The Labute approximate surface area is 130 Å². The Balaban J connectivity index is 1.59. The summed E-state index contributed by atoms with van der Waals surface area (Å²) in [5.74, 6) is -1.30. The van der Waals surface area contributed by atoms with Gasteiger partial charge in [-0.2, -0.15) is 0 Å². The van der Waals surface area contributed by atoms with Gasteiger partial charge in [0.25, 0.3) is 5.91 Å². The third-order valence-electron chi connectivity index (χ3n) is 6.40. The third-order valence-corrected chi connectivity index (χ3v) is 6.40. The topological polar surface area (TPSA) is 66.4 Å². The van der Waals surface area contributed by atoms with Crippen LogP contribution in [0.1, 0.15) is 70.6 Å². The molecule has 1 atom stereocenters. The van der Waals surface area contributed by atoms with Crippen LogP contribution in [0.5, 0.6) is 0 Å². The molecule has 4 fully saturated rings. The predicted octanol–water partition coefficient (Wildman–Crippen LogP) is 3.20. The van der Waals surface area contributed by atoms with Gasteiger partial charge in [-0.25, -0.2) is 4.39 Å². The number of carboxylic acid groups (broad SMARTS) is 1. The minimum atomic E-state index is -1.40. The summed E-state index contributed by atoms with van der Waals surface area (Å²) in [6.07, 6.45) is 7.21. The zero-order valence-corrected chi connectivity index (χ0v) is 13.1. The normalized spacial score (nSPS) is 36.8. The molecule has 1 unspecified atom stereocenters. The van der Waals surface area contributed by atoms with E-state index in [9.17, 15) is 19.1 Å². The van der Waals surface area contributed by atoms with E-state index in [0.29, 0.717) is 38.5 Å². The SMILES string of the molecule is O=C(NC12CCC(C(=O)O)(CC1)CC2)C(F)C1CCCCC1. The molecule has 4 aliphatic carbocycles.